The number of rotatable bonds is 20. The van der Waals surface area contributed by atoms with E-state index in [-0.39, 0.29) is 125 Å². The highest BCUT2D eigenvalue weighted by atomic mass is 32.2. The molecule has 8 aliphatic heterocycles. The van der Waals surface area contributed by atoms with Gasteiger partial charge in [-0.05, 0) is 51.4 Å². The molecule has 8 heterocycles. The third-order valence-electron chi connectivity index (χ3n) is 12.3. The first-order valence-electron chi connectivity index (χ1n) is 22.3. The minimum Gasteiger partial charge on any atom is -0.481 e. The normalized spacial score (nSPS) is 31.0. The molecule has 8 fully saturated rings. The maximum absolute atomic E-state index is 11.1. The number of hydrogen-bond donors (Lipinski definition) is 12. The third-order valence-corrected chi connectivity index (χ3v) is 18.3. The summed E-state index contributed by atoms with van der Waals surface area (Å²) < 4.78 is 0. The number of thioether (sulfide) groups is 4. The number of fused-ring (bicyclic) bond motifs is 4. The minimum atomic E-state index is -0.729. The second-order valence-electron chi connectivity index (χ2n) is 17.0. The summed E-state index contributed by atoms with van der Waals surface area (Å²) in [5.41, 5.74) is 0. The van der Waals surface area contributed by atoms with Gasteiger partial charge in [-0.15, -0.1) is 0 Å². The summed E-state index contributed by atoms with van der Waals surface area (Å²) in [5.74, 6) is 0.946. The molecule has 0 spiro atoms. The van der Waals surface area contributed by atoms with Crippen molar-refractivity contribution in [1.29, 1.82) is 0 Å². The zero-order valence-corrected chi connectivity index (χ0v) is 42.0. The Kier molecular flexibility index (Phi) is 25.4. The number of aliphatic carboxylic acids is 4. The van der Waals surface area contributed by atoms with Gasteiger partial charge in [0.15, 0.2) is 0 Å². The molecule has 8 amide bonds. The highest BCUT2D eigenvalue weighted by Crippen LogP contribution is 2.36. The van der Waals surface area contributed by atoms with Gasteiger partial charge in [0.1, 0.15) is 0 Å². The van der Waals surface area contributed by atoms with E-state index in [2.05, 4.69) is 42.5 Å². The van der Waals surface area contributed by atoms with Gasteiger partial charge in [0.2, 0.25) is 0 Å². The fourth-order valence-corrected chi connectivity index (χ4v) is 15.2. The Morgan fingerprint density at radius 3 is 0.742 bits per heavy atom. The zero-order valence-electron chi connectivity index (χ0n) is 36.8. The average molecular weight is 1050 g/mol. The predicted molar refractivity (Wildman–Crippen MR) is 267 cm³/mol. The molecule has 0 aromatic heterocycles. The van der Waals surface area contributed by atoms with Crippen molar-refractivity contribution in [3.8, 4) is 0 Å². The summed E-state index contributed by atoms with van der Waals surface area (Å²) in [6, 6.07) is 1.76. The van der Waals surface area contributed by atoms with Crippen molar-refractivity contribution in [3.63, 3.8) is 0 Å². The van der Waals surface area contributed by atoms with Crippen molar-refractivity contribution >= 4 is 122 Å². The van der Waals surface area contributed by atoms with Crippen molar-refractivity contribution < 1.29 is 58.8 Å². The molecular weight excluding hydrogens is 977 g/mol. The van der Waals surface area contributed by atoms with Crippen molar-refractivity contribution in [3.05, 3.63) is 0 Å². The summed E-state index contributed by atoms with van der Waals surface area (Å²) in [6.07, 6.45) is 11.5. The Morgan fingerprint density at radius 1 is 0.364 bits per heavy atom. The minimum absolute atomic E-state index is 0. The number of amides is 8. The average Bonchev–Trinajstić information content (AvgIpc) is 4.10. The van der Waals surface area contributed by atoms with E-state index in [4.69, 9.17) is 20.4 Å². The number of unbranched alkanes of at least 4 members (excludes halogenated alkanes) is 4. The predicted octanol–water partition coefficient (Wildman–Crippen LogP) is 3.41. The van der Waals surface area contributed by atoms with Gasteiger partial charge in [0.25, 0.3) is 0 Å². The van der Waals surface area contributed by atoms with Crippen LogP contribution in [-0.4, -0.2) is 161 Å². The number of carboxylic acids is 4. The first-order valence-corrected chi connectivity index (χ1v) is 26.5. The molecule has 0 unspecified atom stereocenters. The second kappa shape index (κ2) is 29.2. The number of hydrogen-bond acceptors (Lipinski definition) is 12. The SMILES string of the molecule is O=C(O)CCCC[C@@H]1SC[C@@H]2NC(=O)N[C@@H]21.O=C(O)CCCC[C@@H]1SC[C@@H]2NC(=O)N[C@@H]21.O=C(O)CCCC[C@@H]1SC[C@@H]2NC(=O)N[C@@H]21.O=C(O)CCCC[C@@H]1SC[C@@H]2NC(=O)N[C@@H]21.S.S. The number of nitrogens with one attached hydrogen (secondary N) is 8. The monoisotopic (exact) mass is 1040 g/mol. The molecule has 12 atom stereocenters. The van der Waals surface area contributed by atoms with Gasteiger partial charge < -0.3 is 63.0 Å². The van der Waals surface area contributed by atoms with E-state index in [9.17, 15) is 38.4 Å². The Balaban J connectivity index is 0.000000231. The van der Waals surface area contributed by atoms with Crippen LogP contribution in [0.2, 0.25) is 0 Å². The van der Waals surface area contributed by atoms with Crippen LogP contribution in [0.15, 0.2) is 0 Å². The van der Waals surface area contributed by atoms with Gasteiger partial charge in [0, 0.05) is 69.7 Å². The van der Waals surface area contributed by atoms with E-state index >= 15 is 0 Å². The van der Waals surface area contributed by atoms with Crippen molar-refractivity contribution in [2.24, 2.45) is 0 Å². The van der Waals surface area contributed by atoms with E-state index < -0.39 is 23.9 Å². The number of carbonyl (C=O) groups is 8. The second-order valence-corrected chi connectivity index (χ2v) is 22.1. The molecular formula is C40H68N8O12S6. The molecule has 8 saturated heterocycles. The molecule has 12 N–H and O–H groups in total. The van der Waals surface area contributed by atoms with Crippen molar-refractivity contribution in [2.45, 2.75) is 172 Å². The van der Waals surface area contributed by atoms with Gasteiger partial charge in [-0.1, -0.05) is 25.7 Å². The molecule has 0 saturated carbocycles. The van der Waals surface area contributed by atoms with E-state index in [1.165, 1.54) is 0 Å². The lowest BCUT2D eigenvalue weighted by Gasteiger charge is -2.16. The summed E-state index contributed by atoms with van der Waals surface area (Å²) in [4.78, 5) is 85.8. The molecule has 66 heavy (non-hydrogen) atoms. The Bertz CT molecular complexity index is 1430. The van der Waals surface area contributed by atoms with E-state index in [0.29, 0.717) is 21.0 Å². The Labute approximate surface area is 416 Å². The Morgan fingerprint density at radius 2 is 0.561 bits per heavy atom. The van der Waals surface area contributed by atoms with Gasteiger partial charge in [-0.3, -0.25) is 19.2 Å². The number of urea groups is 4. The fourth-order valence-electron chi connectivity index (χ4n) is 9.06. The molecule has 0 aromatic rings. The molecule has 376 valence electrons. The van der Waals surface area contributed by atoms with Crippen LogP contribution in [0.4, 0.5) is 19.2 Å². The van der Waals surface area contributed by atoms with Crippen LogP contribution in [0.3, 0.4) is 0 Å². The van der Waals surface area contributed by atoms with E-state index in [1.807, 2.05) is 47.0 Å². The lowest BCUT2D eigenvalue weighted by atomic mass is 10.0. The van der Waals surface area contributed by atoms with Crippen LogP contribution < -0.4 is 42.5 Å². The standard InChI is InChI=1S/4C10H16N2O3S.2H2S/c4*13-8(14)4-2-1-3-7-9-6(5-16-7)11-10(15)12-9;;/h4*6-7,9H,1-5H2,(H,13,14)(H2,11,12,15);2*1H2/t4*6-,7-,9-;;/m0000../s1. The molecule has 0 aromatic carbocycles. The maximum atomic E-state index is 11.1. The van der Waals surface area contributed by atoms with Crippen LogP contribution in [0, 0.1) is 0 Å². The zero-order chi connectivity index (χ0) is 46.2. The van der Waals surface area contributed by atoms with Crippen LogP contribution in [-0.2, 0) is 19.2 Å². The van der Waals surface area contributed by atoms with E-state index in [0.717, 1.165) is 100 Å². The summed E-state index contributed by atoms with van der Waals surface area (Å²) in [7, 11) is 0. The molecule has 20 nitrogen and oxygen atoms in total. The molecule has 0 radical (unpaired) electrons. The Hall–Kier alpha value is -2.94. The lowest BCUT2D eigenvalue weighted by molar-refractivity contribution is -0.138. The van der Waals surface area contributed by atoms with Gasteiger partial charge in [-0.25, -0.2) is 19.2 Å². The van der Waals surface area contributed by atoms with Crippen LogP contribution in [0.25, 0.3) is 0 Å². The molecule has 0 bridgehead atoms. The molecule has 0 aliphatic carbocycles. The first-order chi connectivity index (χ1) is 30.7. The molecule has 8 rings (SSSR count). The highest BCUT2D eigenvalue weighted by Gasteiger charge is 2.45. The van der Waals surface area contributed by atoms with Crippen molar-refractivity contribution in [2.75, 3.05) is 23.0 Å². The van der Waals surface area contributed by atoms with Crippen LogP contribution in [0.1, 0.15) is 103 Å². The summed E-state index contributed by atoms with van der Waals surface area (Å²) in [6.45, 7) is 0. The maximum Gasteiger partial charge on any atom is 0.315 e. The highest BCUT2D eigenvalue weighted by molar-refractivity contribution is 8.01. The smallest absolute Gasteiger partial charge is 0.315 e. The van der Waals surface area contributed by atoms with Gasteiger partial charge in [-0.2, -0.15) is 74.0 Å². The van der Waals surface area contributed by atoms with E-state index in [1.54, 1.807) is 0 Å². The number of carboxylic acid groups (broad SMARTS) is 4. The fraction of sp³-hybridized carbons (Fsp3) is 0.800. The lowest BCUT2D eigenvalue weighted by Crippen LogP contribution is -2.36. The topological polar surface area (TPSA) is 314 Å². The largest absolute Gasteiger partial charge is 0.481 e. The molecule has 26 heteroatoms. The van der Waals surface area contributed by atoms with Gasteiger partial charge >= 0.3 is 48.0 Å². The third kappa shape index (κ3) is 18.5. The first kappa shape index (κ1) is 57.4. The number of carbonyl (C=O) groups excluding carboxylic acids is 4. The van der Waals surface area contributed by atoms with Crippen LogP contribution >= 0.6 is 74.0 Å². The quantitative estimate of drug-likeness (QED) is 0.0614. The van der Waals surface area contributed by atoms with Crippen molar-refractivity contribution in [1.82, 2.24) is 42.5 Å². The molecule has 8 aliphatic rings. The van der Waals surface area contributed by atoms with Gasteiger partial charge in [0.05, 0.1) is 48.3 Å². The van der Waals surface area contributed by atoms with Crippen LogP contribution in [0.5, 0.6) is 0 Å². The summed E-state index contributed by atoms with van der Waals surface area (Å²) in [5, 5.41) is 59.1. The summed E-state index contributed by atoms with van der Waals surface area (Å²) >= 11 is 7.48.